The van der Waals surface area contributed by atoms with E-state index in [-0.39, 0.29) is 11.1 Å². The van der Waals surface area contributed by atoms with Gasteiger partial charge in [0, 0.05) is 23.8 Å². The fraction of sp³-hybridized carbons (Fsp3) is 0.500. The van der Waals surface area contributed by atoms with Crippen molar-refractivity contribution in [3.8, 4) is 11.3 Å². The van der Waals surface area contributed by atoms with Gasteiger partial charge in [-0.2, -0.15) is 0 Å². The molecule has 2 aliphatic heterocycles. The Kier molecular flexibility index (Phi) is 6.18. The van der Waals surface area contributed by atoms with Crippen LogP contribution in [0, 0.1) is 0 Å². The highest BCUT2D eigenvalue weighted by Crippen LogP contribution is 2.45. The lowest BCUT2D eigenvalue weighted by Gasteiger charge is -2.49. The smallest absolute Gasteiger partial charge is 0.317 e. The van der Waals surface area contributed by atoms with Gasteiger partial charge in [-0.1, -0.05) is 26.8 Å². The molecule has 5 rings (SSSR count). The van der Waals surface area contributed by atoms with E-state index in [1.807, 2.05) is 24.3 Å². The molecule has 36 heavy (non-hydrogen) atoms. The number of hydrogen-bond donors (Lipinski definition) is 2. The van der Waals surface area contributed by atoms with Crippen molar-refractivity contribution < 1.29 is 18.7 Å². The summed E-state index contributed by atoms with van der Waals surface area (Å²) in [7, 11) is -2.07. The molecule has 0 aromatic carbocycles. The number of fused-ring (bicyclic) bond motifs is 1. The molecule has 0 radical (unpaired) electrons. The predicted octanol–water partition coefficient (Wildman–Crippen LogP) is 4.80. The van der Waals surface area contributed by atoms with Crippen molar-refractivity contribution >= 4 is 31.1 Å². The third-order valence-electron chi connectivity index (χ3n) is 7.69. The standard InChI is InChI=1S/C26H35N5O4Si/c1-25(2,3)36(4,5)35-26(15-34-16-26)22-8-6-7-20(29-22)19-13-31(17-9-10-33-14-17)21-12-28-23(11-18(19)21)30-24(27)32/h6-8,11-13,17H,9-10,14-16H2,1-5H3,(H3,27,28,30,32)/t17-/m1/s1. The molecule has 2 amide bonds. The van der Waals surface area contributed by atoms with Gasteiger partial charge < -0.3 is 24.2 Å². The second kappa shape index (κ2) is 8.95. The number of carbonyl (C=O) groups is 1. The lowest BCUT2D eigenvalue weighted by molar-refractivity contribution is -0.176. The molecule has 0 spiro atoms. The van der Waals surface area contributed by atoms with Crippen LogP contribution < -0.4 is 11.1 Å². The Morgan fingerprint density at radius 3 is 2.67 bits per heavy atom. The van der Waals surface area contributed by atoms with E-state index in [1.165, 1.54) is 0 Å². The number of nitrogens with two attached hydrogens (primary N) is 1. The van der Waals surface area contributed by atoms with Gasteiger partial charge in [-0.15, -0.1) is 0 Å². The summed E-state index contributed by atoms with van der Waals surface area (Å²) in [6, 6.07) is 7.49. The molecule has 10 heteroatoms. The Morgan fingerprint density at radius 2 is 2.06 bits per heavy atom. The van der Waals surface area contributed by atoms with Gasteiger partial charge in [0.1, 0.15) is 11.4 Å². The number of carbonyl (C=O) groups excluding carboxylic acids is 1. The van der Waals surface area contributed by atoms with E-state index in [4.69, 9.17) is 24.6 Å². The number of anilines is 1. The van der Waals surface area contributed by atoms with Crippen LogP contribution in [0.15, 0.2) is 36.7 Å². The first-order chi connectivity index (χ1) is 17.0. The molecule has 3 aromatic rings. The topological polar surface area (TPSA) is 114 Å². The second-order valence-electron chi connectivity index (χ2n) is 11.3. The number of aromatic nitrogens is 3. The van der Waals surface area contributed by atoms with E-state index < -0.39 is 19.9 Å². The minimum atomic E-state index is -2.07. The van der Waals surface area contributed by atoms with Crippen LogP contribution in [-0.4, -0.2) is 55.3 Å². The van der Waals surface area contributed by atoms with Crippen LogP contribution in [0.3, 0.4) is 0 Å². The monoisotopic (exact) mass is 509 g/mol. The van der Waals surface area contributed by atoms with Crippen LogP contribution in [0.2, 0.25) is 18.1 Å². The molecule has 3 aromatic heterocycles. The first kappa shape index (κ1) is 24.9. The number of pyridine rings is 2. The zero-order chi connectivity index (χ0) is 25.7. The average Bonchev–Trinajstić information content (AvgIpc) is 3.43. The molecule has 2 aliphatic rings. The fourth-order valence-electron chi connectivity index (χ4n) is 4.62. The largest absolute Gasteiger partial charge is 0.402 e. The predicted molar refractivity (Wildman–Crippen MR) is 141 cm³/mol. The van der Waals surface area contributed by atoms with Gasteiger partial charge in [0.25, 0.3) is 0 Å². The van der Waals surface area contributed by atoms with Gasteiger partial charge in [0.2, 0.25) is 0 Å². The van der Waals surface area contributed by atoms with Crippen LogP contribution in [0.25, 0.3) is 22.2 Å². The summed E-state index contributed by atoms with van der Waals surface area (Å²) in [5.41, 5.74) is 8.43. The normalized spacial score (nSPS) is 19.9. The van der Waals surface area contributed by atoms with Crippen LogP contribution in [-0.2, 0) is 19.5 Å². The van der Waals surface area contributed by atoms with Crippen LogP contribution in [0.4, 0.5) is 10.6 Å². The first-order valence-corrected chi connectivity index (χ1v) is 15.3. The molecule has 0 aliphatic carbocycles. The molecular formula is C26H35N5O4Si. The fourth-order valence-corrected chi connectivity index (χ4v) is 6.12. The zero-order valence-electron chi connectivity index (χ0n) is 21.6. The number of nitrogens with zero attached hydrogens (tertiary/aromatic N) is 3. The Bertz CT molecular complexity index is 1290. The molecular weight excluding hydrogens is 474 g/mol. The van der Waals surface area contributed by atoms with Crippen molar-refractivity contribution in [2.45, 2.75) is 57.0 Å². The van der Waals surface area contributed by atoms with E-state index in [9.17, 15) is 4.79 Å². The maximum atomic E-state index is 11.5. The van der Waals surface area contributed by atoms with Gasteiger partial charge in [-0.3, -0.25) is 5.32 Å². The van der Waals surface area contributed by atoms with Crippen molar-refractivity contribution in [2.75, 3.05) is 31.7 Å². The van der Waals surface area contributed by atoms with E-state index >= 15 is 0 Å². The summed E-state index contributed by atoms with van der Waals surface area (Å²) in [5.74, 6) is 0.401. The highest BCUT2D eigenvalue weighted by molar-refractivity contribution is 6.74. The molecule has 192 valence electrons. The average molecular weight is 510 g/mol. The number of hydrogen-bond acceptors (Lipinski definition) is 6. The minimum absolute atomic E-state index is 0.0702. The Balaban J connectivity index is 1.59. The van der Waals surface area contributed by atoms with Crippen molar-refractivity contribution in [3.63, 3.8) is 0 Å². The maximum absolute atomic E-state index is 11.5. The summed E-state index contributed by atoms with van der Waals surface area (Å²) in [5, 5.41) is 3.60. The van der Waals surface area contributed by atoms with Crippen molar-refractivity contribution in [2.24, 2.45) is 5.73 Å². The first-order valence-electron chi connectivity index (χ1n) is 12.4. The van der Waals surface area contributed by atoms with Gasteiger partial charge in [0.05, 0.1) is 49.0 Å². The van der Waals surface area contributed by atoms with Crippen molar-refractivity contribution in [3.05, 3.63) is 42.4 Å². The summed E-state index contributed by atoms with van der Waals surface area (Å²) >= 11 is 0. The minimum Gasteiger partial charge on any atom is -0.402 e. The van der Waals surface area contributed by atoms with E-state index in [1.54, 1.807) is 6.20 Å². The number of nitrogens with one attached hydrogen (secondary N) is 1. The molecule has 2 fully saturated rings. The molecule has 5 heterocycles. The second-order valence-corrected chi connectivity index (χ2v) is 16.0. The van der Waals surface area contributed by atoms with Gasteiger partial charge in [0.15, 0.2) is 8.32 Å². The van der Waals surface area contributed by atoms with Crippen molar-refractivity contribution in [1.29, 1.82) is 0 Å². The quantitative estimate of drug-likeness (QED) is 0.462. The zero-order valence-corrected chi connectivity index (χ0v) is 22.6. The summed E-state index contributed by atoms with van der Waals surface area (Å²) < 4.78 is 20.4. The van der Waals surface area contributed by atoms with Crippen LogP contribution in [0.5, 0.6) is 0 Å². The maximum Gasteiger partial charge on any atom is 0.317 e. The SMILES string of the molecule is CC(C)(C)[Si](C)(C)OC1(c2cccc(-c3cn([C@@H]4CCOC4)c4cnc(NC(N)=O)cc34)n2)COC1. The van der Waals surface area contributed by atoms with Gasteiger partial charge >= 0.3 is 6.03 Å². The Labute approximate surface area is 212 Å². The Morgan fingerprint density at radius 1 is 1.28 bits per heavy atom. The molecule has 0 unspecified atom stereocenters. The molecule has 1 atom stereocenters. The van der Waals surface area contributed by atoms with Crippen molar-refractivity contribution in [1.82, 2.24) is 14.5 Å². The highest BCUT2D eigenvalue weighted by Gasteiger charge is 2.50. The Hall–Kier alpha value is -2.79. The van der Waals surface area contributed by atoms with Gasteiger partial charge in [-0.25, -0.2) is 14.8 Å². The molecule has 0 saturated carbocycles. The molecule has 2 saturated heterocycles. The van der Waals surface area contributed by atoms with E-state index in [0.717, 1.165) is 40.9 Å². The van der Waals surface area contributed by atoms with Crippen LogP contribution in [0.1, 0.15) is 38.9 Å². The van der Waals surface area contributed by atoms with E-state index in [2.05, 4.69) is 54.9 Å². The van der Waals surface area contributed by atoms with E-state index in [0.29, 0.717) is 25.6 Å². The molecule has 9 nitrogen and oxygen atoms in total. The van der Waals surface area contributed by atoms with Gasteiger partial charge in [-0.05, 0) is 42.8 Å². The third kappa shape index (κ3) is 4.43. The highest BCUT2D eigenvalue weighted by atomic mass is 28.4. The number of rotatable bonds is 6. The molecule has 3 N–H and O–H groups in total. The lowest BCUT2D eigenvalue weighted by atomic mass is 9.96. The molecule has 0 bridgehead atoms. The number of amides is 2. The summed E-state index contributed by atoms with van der Waals surface area (Å²) in [6.45, 7) is 13.6. The van der Waals surface area contributed by atoms with Crippen LogP contribution >= 0.6 is 0 Å². The number of ether oxygens (including phenoxy) is 2. The third-order valence-corrected chi connectivity index (χ3v) is 12.2. The number of urea groups is 1. The number of primary amides is 1. The lowest BCUT2D eigenvalue weighted by Crippen LogP contribution is -2.57. The summed E-state index contributed by atoms with van der Waals surface area (Å²) in [4.78, 5) is 21.0. The summed E-state index contributed by atoms with van der Waals surface area (Å²) in [6.07, 6.45) is 4.82.